The maximum Gasteiger partial charge on any atom is 0.198 e. The van der Waals surface area contributed by atoms with Crippen molar-refractivity contribution < 1.29 is 4.42 Å². The topological polar surface area (TPSA) is 64.9 Å². The maximum atomic E-state index is 5.83. The van der Waals surface area contributed by atoms with Gasteiger partial charge in [0.25, 0.3) is 0 Å². The van der Waals surface area contributed by atoms with Crippen LogP contribution in [0.2, 0.25) is 0 Å². The van der Waals surface area contributed by atoms with E-state index in [1.807, 2.05) is 12.1 Å². The van der Waals surface area contributed by atoms with Crippen LogP contribution in [0.3, 0.4) is 0 Å². The van der Waals surface area contributed by atoms with Crippen LogP contribution in [-0.2, 0) is 6.42 Å². The quantitative estimate of drug-likeness (QED) is 0.852. The smallest absolute Gasteiger partial charge is 0.198 e. The predicted octanol–water partition coefficient (Wildman–Crippen LogP) is 1.89. The van der Waals surface area contributed by atoms with Crippen molar-refractivity contribution in [1.29, 1.82) is 0 Å². The summed E-state index contributed by atoms with van der Waals surface area (Å²) in [6.45, 7) is 0.721. The molecule has 1 fully saturated rings. The third-order valence-corrected chi connectivity index (χ3v) is 3.58. The molecule has 2 aromatic rings. The first-order chi connectivity index (χ1) is 7.81. The molecule has 4 heteroatoms. The Morgan fingerprint density at radius 2 is 2.31 bits per heavy atom. The minimum atomic E-state index is 0.237. The number of rotatable bonds is 3. The van der Waals surface area contributed by atoms with Gasteiger partial charge in [0.05, 0.1) is 0 Å². The second-order valence-corrected chi connectivity index (χ2v) is 4.67. The number of pyridine rings is 1. The number of oxazole rings is 1. The maximum absolute atomic E-state index is 5.83. The standard InChI is InChI=1S/C12H15N3O/c13-8-12(4-2-5-12)7-10-15-11-9(16-10)3-1-6-14-11/h1,3,6H,2,4-5,7-8,13H2. The molecule has 2 heterocycles. The van der Waals surface area contributed by atoms with Crippen LogP contribution in [0.4, 0.5) is 0 Å². The van der Waals surface area contributed by atoms with Crippen LogP contribution >= 0.6 is 0 Å². The Morgan fingerprint density at radius 1 is 1.44 bits per heavy atom. The van der Waals surface area contributed by atoms with Crippen molar-refractivity contribution in [3.8, 4) is 0 Å². The molecule has 0 unspecified atom stereocenters. The van der Waals surface area contributed by atoms with Gasteiger partial charge in [0.15, 0.2) is 17.1 Å². The molecular formula is C12H15N3O. The molecule has 3 rings (SSSR count). The monoisotopic (exact) mass is 217 g/mol. The van der Waals surface area contributed by atoms with E-state index in [0.29, 0.717) is 5.65 Å². The molecule has 2 aromatic heterocycles. The molecule has 0 spiro atoms. The van der Waals surface area contributed by atoms with E-state index in [1.54, 1.807) is 6.20 Å². The van der Waals surface area contributed by atoms with E-state index in [2.05, 4.69) is 9.97 Å². The van der Waals surface area contributed by atoms with Gasteiger partial charge in [0.1, 0.15) is 0 Å². The van der Waals surface area contributed by atoms with Crippen molar-refractivity contribution in [2.45, 2.75) is 25.7 Å². The highest BCUT2D eigenvalue weighted by atomic mass is 16.3. The van der Waals surface area contributed by atoms with Gasteiger partial charge >= 0.3 is 0 Å². The van der Waals surface area contributed by atoms with E-state index in [9.17, 15) is 0 Å². The minimum Gasteiger partial charge on any atom is -0.439 e. The molecule has 0 atom stereocenters. The van der Waals surface area contributed by atoms with Crippen LogP contribution in [0.25, 0.3) is 11.2 Å². The van der Waals surface area contributed by atoms with Crippen molar-refractivity contribution in [3.63, 3.8) is 0 Å². The van der Waals surface area contributed by atoms with Gasteiger partial charge in [0, 0.05) is 12.6 Å². The van der Waals surface area contributed by atoms with E-state index >= 15 is 0 Å². The molecule has 1 aliphatic carbocycles. The van der Waals surface area contributed by atoms with Crippen molar-refractivity contribution in [2.24, 2.45) is 11.1 Å². The lowest BCUT2D eigenvalue weighted by molar-refractivity contribution is 0.134. The van der Waals surface area contributed by atoms with E-state index in [4.69, 9.17) is 10.2 Å². The second kappa shape index (κ2) is 3.56. The number of hydrogen-bond donors (Lipinski definition) is 1. The molecule has 1 saturated carbocycles. The third kappa shape index (κ3) is 1.50. The number of nitrogens with two attached hydrogens (primary N) is 1. The molecule has 16 heavy (non-hydrogen) atoms. The first-order valence-electron chi connectivity index (χ1n) is 5.72. The lowest BCUT2D eigenvalue weighted by atomic mass is 9.67. The third-order valence-electron chi connectivity index (χ3n) is 3.58. The predicted molar refractivity (Wildman–Crippen MR) is 60.8 cm³/mol. The first-order valence-corrected chi connectivity index (χ1v) is 5.72. The lowest BCUT2D eigenvalue weighted by Gasteiger charge is -2.39. The molecule has 0 saturated heterocycles. The molecule has 0 radical (unpaired) electrons. The molecule has 1 aliphatic rings. The van der Waals surface area contributed by atoms with Crippen LogP contribution in [0, 0.1) is 5.41 Å². The van der Waals surface area contributed by atoms with Crippen molar-refractivity contribution in [3.05, 3.63) is 24.2 Å². The summed E-state index contributed by atoms with van der Waals surface area (Å²) < 4.78 is 5.67. The molecule has 0 amide bonds. The van der Waals surface area contributed by atoms with Gasteiger partial charge in [-0.3, -0.25) is 0 Å². The average molecular weight is 217 g/mol. The Bertz CT molecular complexity index is 463. The van der Waals surface area contributed by atoms with Crippen LogP contribution in [0.1, 0.15) is 25.2 Å². The Labute approximate surface area is 93.9 Å². The fraction of sp³-hybridized carbons (Fsp3) is 0.500. The highest BCUT2D eigenvalue weighted by molar-refractivity contribution is 5.66. The van der Waals surface area contributed by atoms with Gasteiger partial charge in [-0.1, -0.05) is 6.42 Å². The zero-order valence-electron chi connectivity index (χ0n) is 9.15. The Hall–Kier alpha value is -1.42. The summed E-state index contributed by atoms with van der Waals surface area (Å²) in [5.74, 6) is 0.777. The van der Waals surface area contributed by atoms with Gasteiger partial charge < -0.3 is 10.2 Å². The summed E-state index contributed by atoms with van der Waals surface area (Å²) in [5.41, 5.74) is 7.53. The highest BCUT2D eigenvalue weighted by Crippen LogP contribution is 2.42. The number of aromatic nitrogens is 2. The number of nitrogens with zero attached hydrogens (tertiary/aromatic N) is 2. The second-order valence-electron chi connectivity index (χ2n) is 4.67. The summed E-state index contributed by atoms with van der Waals surface area (Å²) >= 11 is 0. The van der Waals surface area contributed by atoms with Gasteiger partial charge in [-0.15, -0.1) is 0 Å². The molecule has 0 aliphatic heterocycles. The summed E-state index contributed by atoms with van der Waals surface area (Å²) in [6, 6.07) is 3.76. The number of hydrogen-bond acceptors (Lipinski definition) is 4. The summed E-state index contributed by atoms with van der Waals surface area (Å²) in [7, 11) is 0. The van der Waals surface area contributed by atoms with Crippen LogP contribution < -0.4 is 5.73 Å². The van der Waals surface area contributed by atoms with Crippen molar-refractivity contribution in [1.82, 2.24) is 9.97 Å². The molecule has 84 valence electrons. The van der Waals surface area contributed by atoms with E-state index in [1.165, 1.54) is 19.3 Å². The Kier molecular flexibility index (Phi) is 2.17. The largest absolute Gasteiger partial charge is 0.439 e. The zero-order valence-corrected chi connectivity index (χ0v) is 9.15. The molecule has 2 N–H and O–H groups in total. The fourth-order valence-electron chi connectivity index (χ4n) is 2.34. The zero-order chi connectivity index (χ0) is 11.0. The molecule has 0 bridgehead atoms. The SMILES string of the molecule is NCC1(Cc2nc3ncccc3o2)CCC1. The van der Waals surface area contributed by atoms with E-state index < -0.39 is 0 Å². The van der Waals surface area contributed by atoms with Crippen LogP contribution in [0.5, 0.6) is 0 Å². The van der Waals surface area contributed by atoms with Gasteiger partial charge in [0.2, 0.25) is 0 Å². The molecule has 4 nitrogen and oxygen atoms in total. The van der Waals surface area contributed by atoms with Gasteiger partial charge in [-0.2, -0.15) is 4.98 Å². The summed E-state index contributed by atoms with van der Waals surface area (Å²) in [6.07, 6.45) is 6.23. The lowest BCUT2D eigenvalue weighted by Crippen LogP contribution is -2.39. The first kappa shape index (κ1) is 9.78. The average Bonchev–Trinajstić information content (AvgIpc) is 2.65. The highest BCUT2D eigenvalue weighted by Gasteiger charge is 2.37. The van der Waals surface area contributed by atoms with Gasteiger partial charge in [-0.25, -0.2) is 4.98 Å². The van der Waals surface area contributed by atoms with Crippen LogP contribution in [0.15, 0.2) is 22.7 Å². The van der Waals surface area contributed by atoms with Crippen LogP contribution in [-0.4, -0.2) is 16.5 Å². The Morgan fingerprint density at radius 3 is 2.94 bits per heavy atom. The van der Waals surface area contributed by atoms with Crippen molar-refractivity contribution >= 4 is 11.2 Å². The number of fused-ring (bicyclic) bond motifs is 1. The Balaban J connectivity index is 1.89. The van der Waals surface area contributed by atoms with E-state index in [0.717, 1.165) is 24.4 Å². The molecule has 0 aromatic carbocycles. The summed E-state index contributed by atoms with van der Waals surface area (Å²) in [4.78, 5) is 8.56. The van der Waals surface area contributed by atoms with Gasteiger partial charge in [-0.05, 0) is 36.9 Å². The fourth-order valence-corrected chi connectivity index (χ4v) is 2.34. The van der Waals surface area contributed by atoms with E-state index in [-0.39, 0.29) is 5.41 Å². The molecular weight excluding hydrogens is 202 g/mol. The van der Waals surface area contributed by atoms with Crippen molar-refractivity contribution in [2.75, 3.05) is 6.54 Å². The summed E-state index contributed by atoms with van der Waals surface area (Å²) in [5, 5.41) is 0. The minimum absolute atomic E-state index is 0.237. The normalized spacial score (nSPS) is 18.6.